The SMILES string of the molecule is CCC.CCC.CCC.CCCC.CCCC.CCCC.[CH2+]CC. The third-order valence-electron chi connectivity index (χ3n) is 1.50. The summed E-state index contributed by atoms with van der Waals surface area (Å²) in [6.07, 6.45) is 12.7. The monoisotopic (exact) mass is 349 g/mol. The van der Waals surface area contributed by atoms with Gasteiger partial charge >= 0.3 is 0 Å². The molecule has 0 aliphatic rings. The predicted molar refractivity (Wildman–Crippen MR) is 125 cm³/mol. The molecule has 0 saturated carbocycles. The molecule has 0 unspecified atom stereocenters. The lowest BCUT2D eigenvalue weighted by Gasteiger charge is -1.68. The first-order valence-electron chi connectivity index (χ1n) is 11.2. The Morgan fingerprint density at radius 2 is 0.375 bits per heavy atom. The molecule has 0 amide bonds. The number of rotatable bonds is 3. The summed E-state index contributed by atoms with van der Waals surface area (Å²) in [5.74, 6) is 0. The van der Waals surface area contributed by atoms with Gasteiger partial charge in [0.15, 0.2) is 0 Å². The van der Waals surface area contributed by atoms with Gasteiger partial charge in [0.2, 0.25) is 0 Å². The molecule has 0 aromatic heterocycles. The molecule has 0 rings (SSSR count). The third kappa shape index (κ3) is 1160. The van der Waals surface area contributed by atoms with E-state index >= 15 is 0 Å². The zero-order valence-corrected chi connectivity index (χ0v) is 20.8. The van der Waals surface area contributed by atoms with Crippen molar-refractivity contribution in [3.8, 4) is 0 Å². The van der Waals surface area contributed by atoms with Crippen LogP contribution in [-0.2, 0) is 0 Å². The first-order chi connectivity index (χ1) is 11.4. The molecular weight excluding hydrogens is 288 g/mol. The topological polar surface area (TPSA) is 0 Å². The fourth-order valence-corrected chi connectivity index (χ4v) is 0. The highest BCUT2D eigenvalue weighted by atomic mass is 13.6. The Balaban J connectivity index is -0.0000000283. The van der Waals surface area contributed by atoms with Gasteiger partial charge in [0, 0.05) is 0 Å². The average molecular weight is 350 g/mol. The van der Waals surface area contributed by atoms with E-state index in [1.54, 1.807) is 0 Å². The molecule has 0 aliphatic heterocycles. The molecule has 0 aliphatic carbocycles. The van der Waals surface area contributed by atoms with Crippen LogP contribution < -0.4 is 0 Å². The van der Waals surface area contributed by atoms with E-state index in [-0.39, 0.29) is 0 Å². The Bertz CT molecular complexity index is 42.9. The van der Waals surface area contributed by atoms with Crippen LogP contribution in [0.2, 0.25) is 0 Å². The van der Waals surface area contributed by atoms with Crippen LogP contribution in [0, 0.1) is 6.92 Å². The molecule has 0 aromatic carbocycles. The number of unbranched alkanes of at least 4 members (excludes halogenated alkanes) is 3. The minimum Gasteiger partial charge on any atom is -0.0656 e. The highest BCUT2D eigenvalue weighted by Gasteiger charge is 1.57. The summed E-state index contributed by atoms with van der Waals surface area (Å²) in [6, 6.07) is 0. The summed E-state index contributed by atoms with van der Waals surface area (Å²) in [7, 11) is 0. The maximum Gasteiger partial charge on any atom is 0.0822 e. The van der Waals surface area contributed by atoms with Gasteiger partial charge in [-0.2, -0.15) is 0 Å². The molecule has 0 N–H and O–H groups in total. The normalized spacial score (nSPS) is 6.71. The van der Waals surface area contributed by atoms with Gasteiger partial charge in [-0.3, -0.25) is 0 Å². The molecule has 0 bridgehead atoms. The second-order valence-corrected chi connectivity index (χ2v) is 5.62. The second-order valence-electron chi connectivity index (χ2n) is 5.62. The lowest BCUT2D eigenvalue weighted by atomic mass is 10.4. The van der Waals surface area contributed by atoms with Crippen LogP contribution in [-0.4, -0.2) is 0 Å². The van der Waals surface area contributed by atoms with Crippen molar-refractivity contribution in [1.29, 1.82) is 0 Å². The van der Waals surface area contributed by atoms with Gasteiger partial charge in [-0.05, 0) is 6.92 Å². The molecule has 0 fully saturated rings. The van der Waals surface area contributed by atoms with Gasteiger partial charge < -0.3 is 0 Å². The van der Waals surface area contributed by atoms with Gasteiger partial charge in [-0.1, -0.05) is 141 Å². The molecular formula is C24H61+. The minimum absolute atomic E-state index is 1.00. The fourth-order valence-electron chi connectivity index (χ4n) is 0. The Hall–Kier alpha value is -0.130. The lowest BCUT2D eigenvalue weighted by Crippen LogP contribution is -1.47. The third-order valence-corrected chi connectivity index (χ3v) is 1.50. The Kier molecular flexibility index (Phi) is 205. The number of hydrogen-bond acceptors (Lipinski definition) is 0. The second kappa shape index (κ2) is 112. The van der Waals surface area contributed by atoms with Crippen LogP contribution in [0.15, 0.2) is 0 Å². The summed E-state index contributed by atoms with van der Waals surface area (Å²) in [5.41, 5.74) is 0. The van der Waals surface area contributed by atoms with Crippen molar-refractivity contribution in [3.05, 3.63) is 6.92 Å². The average Bonchev–Trinajstić information content (AvgIpc) is 2.58. The van der Waals surface area contributed by atoms with E-state index in [4.69, 9.17) is 0 Å². The molecule has 0 spiro atoms. The molecule has 0 atom stereocenters. The summed E-state index contributed by atoms with van der Waals surface area (Å²) in [5, 5.41) is 0. The quantitative estimate of drug-likeness (QED) is 0.444. The molecule has 0 heteroatoms. The summed E-state index contributed by atoms with van der Waals surface area (Å²) < 4.78 is 0. The van der Waals surface area contributed by atoms with Crippen molar-refractivity contribution < 1.29 is 0 Å². The molecule has 0 saturated heterocycles. The number of hydrogen-bond donors (Lipinski definition) is 0. The van der Waals surface area contributed by atoms with Crippen LogP contribution in [0.4, 0.5) is 0 Å². The van der Waals surface area contributed by atoms with E-state index in [0.717, 1.165) is 6.42 Å². The van der Waals surface area contributed by atoms with E-state index in [0.29, 0.717) is 0 Å². The van der Waals surface area contributed by atoms with E-state index in [2.05, 4.69) is 90.0 Å². The van der Waals surface area contributed by atoms with E-state index in [1.807, 2.05) is 6.92 Å². The molecule has 0 nitrogen and oxygen atoms in total. The van der Waals surface area contributed by atoms with E-state index in [9.17, 15) is 0 Å². The predicted octanol–water partition coefficient (Wildman–Crippen LogP) is 10.9. The summed E-state index contributed by atoms with van der Waals surface area (Å²) in [6.45, 7) is 31.3. The summed E-state index contributed by atoms with van der Waals surface area (Å²) in [4.78, 5) is 0. The van der Waals surface area contributed by atoms with Gasteiger partial charge in [-0.25, -0.2) is 0 Å². The van der Waals surface area contributed by atoms with Gasteiger partial charge in [0.25, 0.3) is 0 Å². The molecule has 0 heterocycles. The fraction of sp³-hybridized carbons (Fsp3) is 0.958. The largest absolute Gasteiger partial charge is 0.0822 e. The van der Waals surface area contributed by atoms with Crippen LogP contribution in [0.3, 0.4) is 0 Å². The summed E-state index contributed by atoms with van der Waals surface area (Å²) >= 11 is 0. The van der Waals surface area contributed by atoms with Crippen LogP contribution in [0.1, 0.15) is 154 Å². The highest BCUT2D eigenvalue weighted by Crippen LogP contribution is 1.77. The Labute approximate surface area is 161 Å². The van der Waals surface area contributed by atoms with Crippen molar-refractivity contribution in [3.63, 3.8) is 0 Å². The maximum atomic E-state index is 3.49. The zero-order chi connectivity index (χ0) is 21.1. The lowest BCUT2D eigenvalue weighted by molar-refractivity contribution is 0.886. The molecule has 0 radical (unpaired) electrons. The van der Waals surface area contributed by atoms with Crippen molar-refractivity contribution in [2.75, 3.05) is 0 Å². The first-order valence-corrected chi connectivity index (χ1v) is 11.2. The minimum atomic E-state index is 1.00. The smallest absolute Gasteiger partial charge is 0.0656 e. The van der Waals surface area contributed by atoms with Crippen molar-refractivity contribution in [2.24, 2.45) is 0 Å². The molecule has 24 heavy (non-hydrogen) atoms. The van der Waals surface area contributed by atoms with Crippen molar-refractivity contribution in [2.45, 2.75) is 154 Å². The van der Waals surface area contributed by atoms with Gasteiger partial charge in [0.05, 0.1) is 13.3 Å². The Morgan fingerprint density at radius 3 is 0.375 bits per heavy atom. The van der Waals surface area contributed by atoms with Gasteiger partial charge in [-0.15, -0.1) is 0 Å². The zero-order valence-electron chi connectivity index (χ0n) is 20.8. The highest BCUT2D eigenvalue weighted by molar-refractivity contribution is 4.18. The van der Waals surface area contributed by atoms with Crippen molar-refractivity contribution in [1.82, 2.24) is 0 Å². The standard InChI is InChI=1S/3C4H10.3C3H8.C3H7/c3*1-3-4-2;4*1-3-2/h3*3-4H2,1-2H3;3*3H2,1-2H3;1,3H2,2H3/q;;;;;;+1. The van der Waals surface area contributed by atoms with Crippen LogP contribution >= 0.6 is 0 Å². The molecule has 156 valence electrons. The van der Waals surface area contributed by atoms with Crippen LogP contribution in [0.25, 0.3) is 0 Å². The Morgan fingerprint density at radius 1 is 0.333 bits per heavy atom. The van der Waals surface area contributed by atoms with Crippen molar-refractivity contribution >= 4 is 0 Å². The van der Waals surface area contributed by atoms with Gasteiger partial charge in [0.1, 0.15) is 0 Å². The van der Waals surface area contributed by atoms with E-state index in [1.165, 1.54) is 57.8 Å². The van der Waals surface area contributed by atoms with Crippen LogP contribution in [0.5, 0.6) is 0 Å². The van der Waals surface area contributed by atoms with E-state index < -0.39 is 0 Å². The maximum absolute atomic E-state index is 3.49. The molecule has 0 aromatic rings. The first kappa shape index (κ1) is 43.9.